The Labute approximate surface area is 169 Å². The molecule has 0 saturated carbocycles. The zero-order chi connectivity index (χ0) is 21.2. The number of pyridine rings is 1. The van der Waals surface area contributed by atoms with Crippen LogP contribution in [0.1, 0.15) is 41.3 Å². The average Bonchev–Trinajstić information content (AvgIpc) is 2.68. The fourth-order valence-corrected chi connectivity index (χ4v) is 4.66. The van der Waals surface area contributed by atoms with Crippen molar-refractivity contribution in [3.8, 4) is 0 Å². The average molecular weight is 427 g/mol. The molecule has 5 nitrogen and oxygen atoms in total. The summed E-state index contributed by atoms with van der Waals surface area (Å²) in [6.07, 6.45) is -2.34. The molecule has 9 heteroatoms. The number of aromatic nitrogens is 1. The van der Waals surface area contributed by atoms with E-state index in [2.05, 4.69) is 4.98 Å². The molecular formula is C20H24F3N3O2S. The summed E-state index contributed by atoms with van der Waals surface area (Å²) in [6.45, 7) is 0.861. The van der Waals surface area contributed by atoms with Crippen molar-refractivity contribution in [1.29, 1.82) is 0 Å². The van der Waals surface area contributed by atoms with E-state index >= 15 is 0 Å². The van der Waals surface area contributed by atoms with E-state index in [4.69, 9.17) is 0 Å². The van der Waals surface area contributed by atoms with Crippen LogP contribution < -0.4 is 0 Å². The summed E-state index contributed by atoms with van der Waals surface area (Å²) in [5, 5.41) is 0. The Morgan fingerprint density at radius 3 is 2.45 bits per heavy atom. The van der Waals surface area contributed by atoms with E-state index in [1.165, 1.54) is 34.8 Å². The van der Waals surface area contributed by atoms with E-state index < -0.39 is 21.9 Å². The molecule has 1 atom stereocenters. The van der Waals surface area contributed by atoms with Crippen molar-refractivity contribution in [3.63, 3.8) is 0 Å². The van der Waals surface area contributed by atoms with Crippen LogP contribution in [0.25, 0.3) is 0 Å². The van der Waals surface area contributed by atoms with E-state index in [-0.39, 0.29) is 5.92 Å². The van der Waals surface area contributed by atoms with E-state index in [1.54, 1.807) is 0 Å². The number of piperidine rings is 1. The third-order valence-corrected chi connectivity index (χ3v) is 6.99. The molecule has 158 valence electrons. The third-order valence-electron chi connectivity index (χ3n) is 5.08. The Morgan fingerprint density at radius 1 is 1.14 bits per heavy atom. The van der Waals surface area contributed by atoms with Crippen LogP contribution in [0.15, 0.2) is 42.5 Å². The van der Waals surface area contributed by atoms with Gasteiger partial charge in [0.05, 0.1) is 5.56 Å². The monoisotopic (exact) mass is 427 g/mol. The highest BCUT2D eigenvalue weighted by Crippen LogP contribution is 2.30. The lowest BCUT2D eigenvalue weighted by atomic mass is 9.95. The Morgan fingerprint density at radius 2 is 1.83 bits per heavy atom. The Hall–Kier alpha value is -1.97. The molecular weight excluding hydrogens is 403 g/mol. The van der Waals surface area contributed by atoms with Gasteiger partial charge in [-0.25, -0.2) is 0 Å². The van der Waals surface area contributed by atoms with Crippen LogP contribution in [0, 0.1) is 0 Å². The zero-order valence-electron chi connectivity index (χ0n) is 16.4. The fourth-order valence-electron chi connectivity index (χ4n) is 3.47. The topological polar surface area (TPSA) is 53.5 Å². The lowest BCUT2D eigenvalue weighted by Gasteiger charge is -2.33. The van der Waals surface area contributed by atoms with Gasteiger partial charge in [0.25, 0.3) is 10.2 Å². The van der Waals surface area contributed by atoms with Crippen molar-refractivity contribution in [2.24, 2.45) is 0 Å². The molecule has 1 saturated heterocycles. The molecule has 0 aliphatic carbocycles. The summed E-state index contributed by atoms with van der Waals surface area (Å²) < 4.78 is 65.7. The standard InChI is InChI=1S/C20H24F3N3O2S/c1-25(2)29(27,28)26-12-4-5-16(14-26)19-7-3-6-18(24-19)13-15-8-10-17(11-9-15)20(21,22)23/h3,6-11,16H,4-5,12-14H2,1-2H3. The largest absolute Gasteiger partial charge is 0.416 e. The third kappa shape index (κ3) is 5.15. The molecule has 1 aromatic carbocycles. The van der Waals surface area contributed by atoms with Gasteiger partial charge in [-0.15, -0.1) is 0 Å². The quantitative estimate of drug-likeness (QED) is 0.732. The Kier molecular flexibility index (Phi) is 6.30. The molecule has 1 unspecified atom stereocenters. The zero-order valence-corrected chi connectivity index (χ0v) is 17.2. The Balaban J connectivity index is 1.74. The van der Waals surface area contributed by atoms with Gasteiger partial charge >= 0.3 is 6.18 Å². The molecule has 29 heavy (non-hydrogen) atoms. The molecule has 0 N–H and O–H groups in total. The Bertz CT molecular complexity index is 944. The van der Waals surface area contributed by atoms with Crippen LogP contribution in [0.4, 0.5) is 13.2 Å². The molecule has 0 amide bonds. The number of benzene rings is 1. The van der Waals surface area contributed by atoms with Crippen molar-refractivity contribution in [2.45, 2.75) is 31.4 Å². The first-order chi connectivity index (χ1) is 13.6. The van der Waals surface area contributed by atoms with E-state index in [0.717, 1.165) is 41.9 Å². The second-order valence-corrected chi connectivity index (χ2v) is 9.55. The highest BCUT2D eigenvalue weighted by atomic mass is 32.2. The minimum absolute atomic E-state index is 0.00831. The van der Waals surface area contributed by atoms with Crippen LogP contribution >= 0.6 is 0 Å². The lowest BCUT2D eigenvalue weighted by molar-refractivity contribution is -0.137. The highest BCUT2D eigenvalue weighted by molar-refractivity contribution is 7.86. The number of rotatable bonds is 5. The highest BCUT2D eigenvalue weighted by Gasteiger charge is 2.32. The minimum Gasteiger partial charge on any atom is -0.257 e. The second kappa shape index (κ2) is 8.41. The number of nitrogens with zero attached hydrogens (tertiary/aromatic N) is 3. The van der Waals surface area contributed by atoms with Gasteiger partial charge in [-0.1, -0.05) is 18.2 Å². The summed E-state index contributed by atoms with van der Waals surface area (Å²) in [7, 11) is -0.437. The van der Waals surface area contributed by atoms with Gasteiger partial charge in [0.2, 0.25) is 0 Å². The number of hydrogen-bond acceptors (Lipinski definition) is 3. The first kappa shape index (κ1) is 21.7. The minimum atomic E-state index is -4.35. The van der Waals surface area contributed by atoms with Crippen molar-refractivity contribution >= 4 is 10.2 Å². The van der Waals surface area contributed by atoms with Crippen LogP contribution in [-0.4, -0.2) is 49.2 Å². The van der Waals surface area contributed by atoms with Gasteiger partial charge in [0.1, 0.15) is 0 Å². The van der Waals surface area contributed by atoms with Gasteiger partial charge in [0, 0.05) is 50.9 Å². The first-order valence-corrected chi connectivity index (χ1v) is 10.8. The molecule has 1 aliphatic rings. The van der Waals surface area contributed by atoms with Gasteiger partial charge in [-0.2, -0.15) is 30.2 Å². The fraction of sp³-hybridized carbons (Fsp3) is 0.450. The van der Waals surface area contributed by atoms with E-state index in [1.807, 2.05) is 18.2 Å². The maximum atomic E-state index is 12.7. The predicted octanol–water partition coefficient (Wildman–Crippen LogP) is 3.68. The molecule has 1 aliphatic heterocycles. The normalized spacial score (nSPS) is 18.9. The number of halogens is 3. The van der Waals surface area contributed by atoms with Crippen molar-refractivity contribution in [2.75, 3.05) is 27.2 Å². The van der Waals surface area contributed by atoms with Gasteiger partial charge < -0.3 is 0 Å². The number of alkyl halides is 3. The van der Waals surface area contributed by atoms with Crippen LogP contribution in [0.2, 0.25) is 0 Å². The molecule has 2 aromatic rings. The van der Waals surface area contributed by atoms with Crippen LogP contribution in [-0.2, 0) is 22.8 Å². The lowest BCUT2D eigenvalue weighted by Crippen LogP contribution is -2.45. The maximum Gasteiger partial charge on any atom is 0.416 e. The molecule has 0 bridgehead atoms. The summed E-state index contributed by atoms with van der Waals surface area (Å²) >= 11 is 0. The summed E-state index contributed by atoms with van der Waals surface area (Å²) in [5.74, 6) is -0.00831. The smallest absolute Gasteiger partial charge is 0.257 e. The molecule has 3 rings (SSSR count). The van der Waals surface area contributed by atoms with Gasteiger partial charge in [0.15, 0.2) is 0 Å². The van der Waals surface area contributed by atoms with E-state index in [0.29, 0.717) is 19.5 Å². The van der Waals surface area contributed by atoms with Crippen LogP contribution in [0.3, 0.4) is 0 Å². The molecule has 0 radical (unpaired) electrons. The predicted molar refractivity (Wildman–Crippen MR) is 105 cm³/mol. The molecule has 1 aromatic heterocycles. The summed E-state index contributed by atoms with van der Waals surface area (Å²) in [4.78, 5) is 4.67. The second-order valence-electron chi connectivity index (χ2n) is 7.41. The van der Waals surface area contributed by atoms with Gasteiger partial charge in [-0.3, -0.25) is 4.98 Å². The van der Waals surface area contributed by atoms with Crippen LogP contribution in [0.5, 0.6) is 0 Å². The maximum absolute atomic E-state index is 12.7. The number of hydrogen-bond donors (Lipinski definition) is 0. The SMILES string of the molecule is CN(C)S(=O)(=O)N1CCCC(c2cccc(Cc3ccc(C(F)(F)F)cc3)n2)C1. The first-order valence-electron chi connectivity index (χ1n) is 9.37. The molecule has 2 heterocycles. The summed E-state index contributed by atoms with van der Waals surface area (Å²) in [5.41, 5.74) is 1.62. The van der Waals surface area contributed by atoms with Crippen molar-refractivity contribution in [1.82, 2.24) is 13.6 Å². The van der Waals surface area contributed by atoms with Crippen molar-refractivity contribution < 1.29 is 21.6 Å². The van der Waals surface area contributed by atoms with Crippen molar-refractivity contribution in [3.05, 3.63) is 65.0 Å². The molecule has 0 spiro atoms. The van der Waals surface area contributed by atoms with Gasteiger partial charge in [-0.05, 0) is 42.7 Å². The summed E-state index contributed by atoms with van der Waals surface area (Å²) in [6, 6.07) is 10.6. The molecule has 1 fully saturated rings. The van der Waals surface area contributed by atoms with E-state index in [9.17, 15) is 21.6 Å².